The molecule has 0 atom stereocenters. The average molecular weight is 577 g/mol. The van der Waals surface area contributed by atoms with Crippen molar-refractivity contribution in [1.29, 1.82) is 0 Å². The van der Waals surface area contributed by atoms with Crippen LogP contribution in [0.25, 0.3) is 10.2 Å². The summed E-state index contributed by atoms with van der Waals surface area (Å²) in [4.78, 5) is 23.7. The predicted molar refractivity (Wildman–Crippen MR) is 148 cm³/mol. The van der Waals surface area contributed by atoms with E-state index < -0.39 is 27.6 Å². The molecule has 0 radical (unpaired) electrons. The number of carbonyl (C=O) groups is 1. The van der Waals surface area contributed by atoms with Crippen LogP contribution in [0, 0.1) is 11.6 Å². The first-order valence-electron chi connectivity index (χ1n) is 12.4. The van der Waals surface area contributed by atoms with Crippen molar-refractivity contribution in [1.82, 2.24) is 14.3 Å². The summed E-state index contributed by atoms with van der Waals surface area (Å²) >= 11 is 0.980. The summed E-state index contributed by atoms with van der Waals surface area (Å²) in [7, 11) is -3.78. The molecule has 0 unspecified atom stereocenters. The molecule has 202 valence electrons. The minimum Gasteiger partial charge on any atom is -0.278 e. The number of nitrogens with zero attached hydrogens (tertiary/aromatic N) is 4. The van der Waals surface area contributed by atoms with Gasteiger partial charge >= 0.3 is 0 Å². The first-order valence-corrected chi connectivity index (χ1v) is 14.7. The van der Waals surface area contributed by atoms with Crippen molar-refractivity contribution in [2.75, 3.05) is 11.4 Å². The molecular formula is C29H22F2N4O3S2. The number of hydrogen-bond acceptors (Lipinski definition) is 6. The molecular weight excluding hydrogens is 554 g/mol. The molecule has 1 aliphatic rings. The molecule has 1 amide bonds. The molecule has 0 saturated heterocycles. The third kappa shape index (κ3) is 4.99. The third-order valence-electron chi connectivity index (χ3n) is 6.76. The molecule has 40 heavy (non-hydrogen) atoms. The predicted octanol–water partition coefficient (Wildman–Crippen LogP) is 5.56. The number of pyridine rings is 1. The molecule has 0 bridgehead atoms. The lowest BCUT2D eigenvalue weighted by Gasteiger charge is -2.28. The van der Waals surface area contributed by atoms with Gasteiger partial charge in [-0.25, -0.2) is 22.2 Å². The number of amides is 1. The van der Waals surface area contributed by atoms with Crippen LogP contribution in [0.5, 0.6) is 0 Å². The van der Waals surface area contributed by atoms with Gasteiger partial charge in [0.05, 0.1) is 21.8 Å². The Morgan fingerprint density at radius 2 is 1.73 bits per heavy atom. The Morgan fingerprint density at radius 1 is 0.975 bits per heavy atom. The molecule has 0 N–H and O–H groups in total. The van der Waals surface area contributed by atoms with E-state index in [1.54, 1.807) is 24.4 Å². The van der Waals surface area contributed by atoms with Crippen LogP contribution in [0.4, 0.5) is 13.9 Å². The molecule has 0 saturated carbocycles. The lowest BCUT2D eigenvalue weighted by atomic mass is 10.0. The van der Waals surface area contributed by atoms with Gasteiger partial charge in [-0.2, -0.15) is 4.31 Å². The summed E-state index contributed by atoms with van der Waals surface area (Å²) in [6, 6.07) is 20.7. The van der Waals surface area contributed by atoms with Crippen LogP contribution in [-0.2, 0) is 29.5 Å². The number of anilines is 1. The SMILES string of the molecule is O=C(c1ccc(S(=O)(=O)N2CCc3ccccc3C2)cc1)N(Cc1ccccn1)c1nc2c(F)cc(F)cc2s1. The Bertz CT molecular complexity index is 1830. The Labute approximate surface area is 233 Å². The highest BCUT2D eigenvalue weighted by Gasteiger charge is 2.29. The minimum atomic E-state index is -3.78. The molecule has 0 spiro atoms. The maximum absolute atomic E-state index is 14.4. The number of aromatic nitrogens is 2. The highest BCUT2D eigenvalue weighted by atomic mass is 32.2. The van der Waals surface area contributed by atoms with Crippen LogP contribution in [0.1, 0.15) is 27.2 Å². The first kappa shape index (κ1) is 26.2. The van der Waals surface area contributed by atoms with E-state index in [1.165, 1.54) is 39.5 Å². The number of carbonyl (C=O) groups excluding carboxylic acids is 1. The normalized spacial score (nSPS) is 13.8. The van der Waals surface area contributed by atoms with Crippen LogP contribution in [0.3, 0.4) is 0 Å². The monoisotopic (exact) mass is 576 g/mol. The fraction of sp³-hybridized carbons (Fsp3) is 0.138. The topological polar surface area (TPSA) is 83.5 Å². The van der Waals surface area contributed by atoms with E-state index in [4.69, 9.17) is 0 Å². The molecule has 5 aromatic rings. The van der Waals surface area contributed by atoms with Gasteiger partial charge in [0, 0.05) is 30.9 Å². The van der Waals surface area contributed by atoms with Crippen molar-refractivity contribution in [3.8, 4) is 0 Å². The smallest absolute Gasteiger partial charge is 0.260 e. The van der Waals surface area contributed by atoms with Crippen molar-refractivity contribution in [3.63, 3.8) is 0 Å². The van der Waals surface area contributed by atoms with Gasteiger partial charge in [-0.15, -0.1) is 0 Å². The number of halogens is 2. The van der Waals surface area contributed by atoms with E-state index in [-0.39, 0.29) is 38.9 Å². The second-order valence-electron chi connectivity index (χ2n) is 9.32. The molecule has 11 heteroatoms. The van der Waals surface area contributed by atoms with Crippen molar-refractivity contribution < 1.29 is 22.0 Å². The van der Waals surface area contributed by atoms with Crippen molar-refractivity contribution >= 4 is 42.6 Å². The summed E-state index contributed by atoms with van der Waals surface area (Å²) in [6.07, 6.45) is 2.21. The van der Waals surface area contributed by atoms with Crippen molar-refractivity contribution in [2.24, 2.45) is 0 Å². The van der Waals surface area contributed by atoms with Gasteiger partial charge in [0.2, 0.25) is 10.0 Å². The summed E-state index contributed by atoms with van der Waals surface area (Å²) < 4.78 is 56.7. The number of sulfonamides is 1. The van der Waals surface area contributed by atoms with E-state index in [0.717, 1.165) is 28.5 Å². The standard InChI is InChI=1S/C29H22F2N4O3S2/c30-22-15-25(31)27-26(16-22)39-29(33-27)35(18-23-7-3-4-13-32-23)28(36)20-8-10-24(11-9-20)40(37,38)34-14-12-19-5-1-2-6-21(19)17-34/h1-11,13,15-16H,12,14,17-18H2. The van der Waals surface area contributed by atoms with Gasteiger partial charge in [-0.3, -0.25) is 14.7 Å². The first-order chi connectivity index (χ1) is 19.3. The van der Waals surface area contributed by atoms with Gasteiger partial charge in [0.1, 0.15) is 11.3 Å². The Morgan fingerprint density at radius 3 is 2.48 bits per heavy atom. The van der Waals surface area contributed by atoms with Crippen LogP contribution in [0.15, 0.2) is 90.0 Å². The summed E-state index contributed by atoms with van der Waals surface area (Å²) in [5.74, 6) is -2.05. The molecule has 1 aliphatic heterocycles. The van der Waals surface area contributed by atoms with E-state index in [0.29, 0.717) is 18.7 Å². The zero-order valence-electron chi connectivity index (χ0n) is 21.0. The highest BCUT2D eigenvalue weighted by Crippen LogP contribution is 2.33. The van der Waals surface area contributed by atoms with Crippen LogP contribution < -0.4 is 4.90 Å². The van der Waals surface area contributed by atoms with Crippen LogP contribution in [-0.4, -0.2) is 35.1 Å². The second kappa shape index (κ2) is 10.5. The maximum Gasteiger partial charge on any atom is 0.260 e. The van der Waals surface area contributed by atoms with E-state index in [2.05, 4.69) is 9.97 Å². The number of benzene rings is 3. The molecule has 3 heterocycles. The Hall–Kier alpha value is -4.06. The van der Waals surface area contributed by atoms with E-state index in [9.17, 15) is 22.0 Å². The minimum absolute atomic E-state index is 0.0246. The largest absolute Gasteiger partial charge is 0.278 e. The van der Waals surface area contributed by atoms with Gasteiger partial charge in [-0.1, -0.05) is 41.7 Å². The van der Waals surface area contributed by atoms with Crippen LogP contribution >= 0.6 is 11.3 Å². The third-order valence-corrected chi connectivity index (χ3v) is 9.64. The fourth-order valence-corrected chi connectivity index (χ4v) is 7.11. The molecule has 2 aromatic heterocycles. The number of rotatable bonds is 6. The highest BCUT2D eigenvalue weighted by molar-refractivity contribution is 7.89. The quantitative estimate of drug-likeness (QED) is 0.264. The zero-order chi connectivity index (χ0) is 27.9. The summed E-state index contributed by atoms with van der Waals surface area (Å²) in [5, 5.41) is 0.166. The number of hydrogen-bond donors (Lipinski definition) is 0. The van der Waals surface area contributed by atoms with Crippen LogP contribution in [0.2, 0.25) is 0 Å². The molecule has 0 aliphatic carbocycles. The summed E-state index contributed by atoms with van der Waals surface area (Å²) in [5.41, 5.74) is 2.85. The molecule has 3 aromatic carbocycles. The Kier molecular flexibility index (Phi) is 6.87. The summed E-state index contributed by atoms with van der Waals surface area (Å²) in [6.45, 7) is 0.676. The van der Waals surface area contributed by atoms with Gasteiger partial charge in [0.25, 0.3) is 5.91 Å². The number of thiazole rings is 1. The molecule has 0 fully saturated rings. The van der Waals surface area contributed by atoms with Gasteiger partial charge in [0.15, 0.2) is 10.9 Å². The number of fused-ring (bicyclic) bond motifs is 2. The average Bonchev–Trinajstić information content (AvgIpc) is 3.40. The van der Waals surface area contributed by atoms with E-state index in [1.807, 2.05) is 24.3 Å². The van der Waals surface area contributed by atoms with Crippen molar-refractivity contribution in [2.45, 2.75) is 24.4 Å². The van der Waals surface area contributed by atoms with E-state index >= 15 is 0 Å². The Balaban J connectivity index is 1.30. The zero-order valence-corrected chi connectivity index (χ0v) is 22.6. The lowest BCUT2D eigenvalue weighted by molar-refractivity contribution is 0.0984. The second-order valence-corrected chi connectivity index (χ2v) is 12.3. The lowest BCUT2D eigenvalue weighted by Crippen LogP contribution is -2.36. The molecule has 6 rings (SSSR count). The van der Waals surface area contributed by atoms with Crippen molar-refractivity contribution in [3.05, 3.63) is 119 Å². The van der Waals surface area contributed by atoms with Gasteiger partial charge < -0.3 is 0 Å². The molecule has 7 nitrogen and oxygen atoms in total. The van der Waals surface area contributed by atoms with Gasteiger partial charge in [-0.05, 0) is 60.0 Å². The maximum atomic E-state index is 14.4. The fourth-order valence-electron chi connectivity index (χ4n) is 4.69.